The van der Waals surface area contributed by atoms with E-state index in [0.717, 1.165) is 50.2 Å². The molecule has 1 aliphatic rings. The van der Waals surface area contributed by atoms with E-state index in [1.165, 1.54) is 0 Å². The van der Waals surface area contributed by atoms with Crippen LogP contribution in [0.1, 0.15) is 30.9 Å². The fourth-order valence-corrected chi connectivity index (χ4v) is 2.47. The highest BCUT2D eigenvalue weighted by Crippen LogP contribution is 2.21. The Labute approximate surface area is 115 Å². The zero-order chi connectivity index (χ0) is 13.7. The highest BCUT2D eigenvalue weighted by atomic mass is 16.5. The number of nitrogens with zero attached hydrogens (tertiary/aromatic N) is 1. The Bertz CT molecular complexity index is 372. The molecular formula is C15H24N2O2. The van der Waals surface area contributed by atoms with Crippen molar-refractivity contribution in [1.29, 1.82) is 0 Å². The maximum atomic E-state index is 10.2. The van der Waals surface area contributed by atoms with E-state index in [9.17, 15) is 5.11 Å². The lowest BCUT2D eigenvalue weighted by Gasteiger charge is -2.30. The van der Waals surface area contributed by atoms with Crippen LogP contribution in [0.25, 0.3) is 0 Å². The van der Waals surface area contributed by atoms with E-state index in [2.05, 4.69) is 4.90 Å². The average Bonchev–Trinajstić information content (AvgIpc) is 2.46. The normalized spacial score (nSPS) is 19.3. The molecule has 0 aliphatic carbocycles. The third-order valence-electron chi connectivity index (χ3n) is 3.85. The average molecular weight is 264 g/mol. The first-order chi connectivity index (χ1) is 9.19. The number of piperidine rings is 1. The summed E-state index contributed by atoms with van der Waals surface area (Å²) in [6.45, 7) is 3.03. The number of hydrogen-bond donors (Lipinski definition) is 2. The van der Waals surface area contributed by atoms with E-state index in [-0.39, 0.29) is 0 Å². The zero-order valence-corrected chi connectivity index (χ0v) is 11.6. The Morgan fingerprint density at radius 2 is 1.95 bits per heavy atom. The lowest BCUT2D eigenvalue weighted by atomic mass is 10.0. The number of nitrogens with two attached hydrogens (primary N) is 1. The smallest absolute Gasteiger partial charge is 0.118 e. The van der Waals surface area contributed by atoms with E-state index >= 15 is 0 Å². The van der Waals surface area contributed by atoms with E-state index < -0.39 is 6.10 Å². The van der Waals surface area contributed by atoms with Crippen molar-refractivity contribution in [3.63, 3.8) is 0 Å². The van der Waals surface area contributed by atoms with Crippen LogP contribution in [0.5, 0.6) is 5.75 Å². The van der Waals surface area contributed by atoms with Crippen LogP contribution in [0, 0.1) is 0 Å². The van der Waals surface area contributed by atoms with Crippen LogP contribution in [0.4, 0.5) is 0 Å². The Hall–Kier alpha value is -1.10. The highest BCUT2D eigenvalue weighted by molar-refractivity contribution is 5.28. The Morgan fingerprint density at radius 3 is 2.53 bits per heavy atom. The molecule has 0 radical (unpaired) electrons. The van der Waals surface area contributed by atoms with Crippen LogP contribution < -0.4 is 10.5 Å². The first kappa shape index (κ1) is 14.3. The molecule has 19 heavy (non-hydrogen) atoms. The summed E-state index contributed by atoms with van der Waals surface area (Å²) in [7, 11) is 1.65. The summed E-state index contributed by atoms with van der Waals surface area (Å²) in [5.74, 6) is 0.820. The minimum absolute atomic E-state index is 0.364. The zero-order valence-electron chi connectivity index (χ0n) is 11.6. The number of ether oxygens (including phenoxy) is 1. The number of methoxy groups -OCH3 is 1. The van der Waals surface area contributed by atoms with Gasteiger partial charge in [0.25, 0.3) is 0 Å². The predicted molar refractivity (Wildman–Crippen MR) is 76.2 cm³/mol. The molecule has 0 aromatic heterocycles. The van der Waals surface area contributed by atoms with Gasteiger partial charge in [0, 0.05) is 12.6 Å². The third-order valence-corrected chi connectivity index (χ3v) is 3.85. The second-order valence-electron chi connectivity index (χ2n) is 5.26. The molecule has 1 unspecified atom stereocenters. The van der Waals surface area contributed by atoms with Gasteiger partial charge in [0.1, 0.15) is 5.75 Å². The van der Waals surface area contributed by atoms with Gasteiger partial charge in [0.05, 0.1) is 13.2 Å². The van der Waals surface area contributed by atoms with Crippen LogP contribution in [0.3, 0.4) is 0 Å². The first-order valence-electron chi connectivity index (χ1n) is 6.99. The molecule has 2 rings (SSSR count). The maximum absolute atomic E-state index is 10.2. The number of aliphatic hydroxyl groups excluding tert-OH is 1. The van der Waals surface area contributed by atoms with Crippen molar-refractivity contribution in [3.8, 4) is 5.75 Å². The van der Waals surface area contributed by atoms with E-state index in [0.29, 0.717) is 6.04 Å². The summed E-state index contributed by atoms with van der Waals surface area (Å²) in [5, 5.41) is 10.2. The molecular weight excluding hydrogens is 240 g/mol. The van der Waals surface area contributed by atoms with Crippen molar-refractivity contribution in [2.24, 2.45) is 5.73 Å². The van der Waals surface area contributed by atoms with Crippen molar-refractivity contribution in [2.45, 2.75) is 31.4 Å². The summed E-state index contributed by atoms with van der Waals surface area (Å²) in [5.41, 5.74) is 6.84. The van der Waals surface area contributed by atoms with Gasteiger partial charge in [-0.25, -0.2) is 0 Å². The highest BCUT2D eigenvalue weighted by Gasteiger charge is 2.17. The number of benzene rings is 1. The molecule has 1 heterocycles. The summed E-state index contributed by atoms with van der Waals surface area (Å²) in [6.07, 6.45) is 2.50. The van der Waals surface area contributed by atoms with Gasteiger partial charge < -0.3 is 20.5 Å². The van der Waals surface area contributed by atoms with Crippen molar-refractivity contribution < 1.29 is 9.84 Å². The first-order valence-corrected chi connectivity index (χ1v) is 6.99. The molecule has 1 atom stereocenters. The van der Waals surface area contributed by atoms with Gasteiger partial charge >= 0.3 is 0 Å². The molecule has 4 nitrogen and oxygen atoms in total. The number of aliphatic hydroxyl groups is 1. The number of rotatable bonds is 5. The van der Waals surface area contributed by atoms with Crippen LogP contribution in [-0.4, -0.2) is 42.8 Å². The number of hydrogen-bond acceptors (Lipinski definition) is 4. The summed E-state index contributed by atoms with van der Waals surface area (Å²) in [4.78, 5) is 2.39. The van der Waals surface area contributed by atoms with E-state index in [4.69, 9.17) is 10.5 Å². The number of likely N-dealkylation sites (tertiary alicyclic amines) is 1. The molecule has 1 aromatic carbocycles. The Morgan fingerprint density at radius 1 is 1.32 bits per heavy atom. The maximum Gasteiger partial charge on any atom is 0.118 e. The van der Waals surface area contributed by atoms with Gasteiger partial charge in [0.2, 0.25) is 0 Å². The van der Waals surface area contributed by atoms with Gasteiger partial charge in [-0.2, -0.15) is 0 Å². The van der Waals surface area contributed by atoms with E-state index in [1.54, 1.807) is 7.11 Å². The van der Waals surface area contributed by atoms with Crippen LogP contribution in [0.15, 0.2) is 24.3 Å². The second-order valence-corrected chi connectivity index (χ2v) is 5.26. The standard InChI is InChI=1S/C15H24N2O2/c1-19-14-4-2-12(3-5-14)15(18)8-11-17-9-6-13(16)7-10-17/h2-5,13,15,18H,6-11,16H2,1H3. The van der Waals surface area contributed by atoms with Gasteiger partial charge in [-0.3, -0.25) is 0 Å². The van der Waals surface area contributed by atoms with Crippen LogP contribution in [-0.2, 0) is 0 Å². The third kappa shape index (κ3) is 4.20. The van der Waals surface area contributed by atoms with Crippen molar-refractivity contribution >= 4 is 0 Å². The molecule has 0 bridgehead atoms. The lowest BCUT2D eigenvalue weighted by Crippen LogP contribution is -2.40. The molecule has 0 saturated carbocycles. The van der Waals surface area contributed by atoms with Crippen molar-refractivity contribution in [3.05, 3.63) is 29.8 Å². The lowest BCUT2D eigenvalue weighted by molar-refractivity contribution is 0.131. The van der Waals surface area contributed by atoms with Gasteiger partial charge in [-0.1, -0.05) is 12.1 Å². The van der Waals surface area contributed by atoms with Gasteiger partial charge in [-0.05, 0) is 50.0 Å². The quantitative estimate of drug-likeness (QED) is 0.847. The van der Waals surface area contributed by atoms with Gasteiger partial charge in [0.15, 0.2) is 0 Å². The summed E-state index contributed by atoms with van der Waals surface area (Å²) < 4.78 is 5.11. The molecule has 0 spiro atoms. The fourth-order valence-electron chi connectivity index (χ4n) is 2.47. The van der Waals surface area contributed by atoms with Crippen LogP contribution >= 0.6 is 0 Å². The Balaban J connectivity index is 1.78. The summed E-state index contributed by atoms with van der Waals surface area (Å²) >= 11 is 0. The molecule has 4 heteroatoms. The Kier molecular flexibility index (Phi) is 5.19. The fraction of sp³-hybridized carbons (Fsp3) is 0.600. The molecule has 1 fully saturated rings. The molecule has 106 valence electrons. The monoisotopic (exact) mass is 264 g/mol. The minimum atomic E-state index is -0.401. The molecule has 3 N–H and O–H groups in total. The predicted octanol–water partition coefficient (Wildman–Crippen LogP) is 1.54. The SMILES string of the molecule is COc1ccc(C(O)CCN2CCC(N)CC2)cc1. The van der Waals surface area contributed by atoms with Gasteiger partial charge in [-0.15, -0.1) is 0 Å². The topological polar surface area (TPSA) is 58.7 Å². The van der Waals surface area contributed by atoms with E-state index in [1.807, 2.05) is 24.3 Å². The van der Waals surface area contributed by atoms with Crippen molar-refractivity contribution in [2.75, 3.05) is 26.7 Å². The summed E-state index contributed by atoms with van der Waals surface area (Å²) in [6, 6.07) is 7.99. The largest absolute Gasteiger partial charge is 0.497 e. The minimum Gasteiger partial charge on any atom is -0.497 e. The molecule has 1 aliphatic heterocycles. The molecule has 0 amide bonds. The van der Waals surface area contributed by atoms with Crippen molar-refractivity contribution in [1.82, 2.24) is 4.90 Å². The van der Waals surface area contributed by atoms with Crippen LogP contribution in [0.2, 0.25) is 0 Å². The second kappa shape index (κ2) is 6.89. The molecule has 1 aromatic rings. The molecule has 1 saturated heterocycles.